The summed E-state index contributed by atoms with van der Waals surface area (Å²) in [6.07, 6.45) is 1.79. The Kier molecular flexibility index (Phi) is 4.10. The largest absolute Gasteiger partial charge is 0.305 e. The molecule has 0 aromatic carbocycles. The summed E-state index contributed by atoms with van der Waals surface area (Å²) >= 11 is 0. The first kappa shape index (κ1) is 14.2. The average molecular weight is 290 g/mol. The molecular formula is C18H18N4. The molecule has 0 aliphatic carbocycles. The van der Waals surface area contributed by atoms with Crippen LogP contribution in [0.4, 0.5) is 11.6 Å². The minimum atomic E-state index is 0.634. The summed E-state index contributed by atoms with van der Waals surface area (Å²) in [7, 11) is 0. The first-order valence-electron chi connectivity index (χ1n) is 7.27. The van der Waals surface area contributed by atoms with Crippen LogP contribution in [-0.2, 0) is 6.54 Å². The van der Waals surface area contributed by atoms with E-state index in [4.69, 9.17) is 0 Å². The highest BCUT2D eigenvalue weighted by atomic mass is 15.2. The molecule has 0 fully saturated rings. The van der Waals surface area contributed by atoms with Crippen LogP contribution >= 0.6 is 0 Å². The normalized spacial score (nSPS) is 10.5. The van der Waals surface area contributed by atoms with E-state index < -0.39 is 0 Å². The van der Waals surface area contributed by atoms with Crippen LogP contribution in [0.3, 0.4) is 0 Å². The van der Waals surface area contributed by atoms with Gasteiger partial charge in [-0.2, -0.15) is 0 Å². The molecule has 0 atom stereocenters. The zero-order valence-electron chi connectivity index (χ0n) is 12.8. The third-order valence-corrected chi connectivity index (χ3v) is 3.34. The molecule has 0 bridgehead atoms. The highest BCUT2D eigenvalue weighted by Crippen LogP contribution is 2.23. The van der Waals surface area contributed by atoms with Crippen LogP contribution in [0.15, 0.2) is 60.8 Å². The van der Waals surface area contributed by atoms with Gasteiger partial charge in [0.15, 0.2) is 0 Å². The molecule has 0 saturated heterocycles. The Morgan fingerprint density at radius 2 is 1.50 bits per heavy atom. The summed E-state index contributed by atoms with van der Waals surface area (Å²) < 4.78 is 0. The van der Waals surface area contributed by atoms with E-state index in [0.29, 0.717) is 6.54 Å². The third-order valence-electron chi connectivity index (χ3n) is 3.34. The van der Waals surface area contributed by atoms with Gasteiger partial charge in [-0.3, -0.25) is 4.98 Å². The molecule has 0 aliphatic heterocycles. The molecule has 0 saturated carbocycles. The lowest BCUT2D eigenvalue weighted by atomic mass is 10.2. The number of aromatic nitrogens is 3. The smallest absolute Gasteiger partial charge is 0.134 e. The molecule has 0 spiro atoms. The lowest BCUT2D eigenvalue weighted by Gasteiger charge is -2.22. The SMILES string of the molecule is Cc1cccc(CN(c2ccccn2)c2cccc(C)n2)n1. The quantitative estimate of drug-likeness (QED) is 0.732. The van der Waals surface area contributed by atoms with Gasteiger partial charge in [0.2, 0.25) is 0 Å². The Labute approximate surface area is 130 Å². The molecule has 3 rings (SSSR count). The minimum Gasteiger partial charge on any atom is -0.305 e. The monoisotopic (exact) mass is 290 g/mol. The van der Waals surface area contributed by atoms with E-state index in [1.54, 1.807) is 6.20 Å². The molecule has 0 amide bonds. The van der Waals surface area contributed by atoms with E-state index >= 15 is 0 Å². The molecule has 3 aromatic heterocycles. The fourth-order valence-electron chi connectivity index (χ4n) is 2.32. The topological polar surface area (TPSA) is 41.9 Å². The standard InChI is InChI=1S/C18H18N4/c1-14-7-5-9-16(20-14)13-22(17-10-3-4-12-19-17)18-11-6-8-15(2)21-18/h3-12H,13H2,1-2H3. The highest BCUT2D eigenvalue weighted by molar-refractivity contribution is 5.55. The van der Waals surface area contributed by atoms with Crippen molar-refractivity contribution in [2.45, 2.75) is 20.4 Å². The number of rotatable bonds is 4. The van der Waals surface area contributed by atoms with Crippen LogP contribution in [0, 0.1) is 13.8 Å². The maximum absolute atomic E-state index is 4.63. The first-order chi connectivity index (χ1) is 10.7. The van der Waals surface area contributed by atoms with Crippen LogP contribution in [0.25, 0.3) is 0 Å². The molecule has 110 valence electrons. The molecule has 3 aromatic rings. The fourth-order valence-corrected chi connectivity index (χ4v) is 2.32. The zero-order valence-corrected chi connectivity index (χ0v) is 12.8. The lowest BCUT2D eigenvalue weighted by molar-refractivity contribution is 0.877. The minimum absolute atomic E-state index is 0.634. The number of aryl methyl sites for hydroxylation is 2. The predicted octanol–water partition coefficient (Wildman–Crippen LogP) is 3.83. The van der Waals surface area contributed by atoms with E-state index in [1.165, 1.54) is 0 Å². The van der Waals surface area contributed by atoms with Gasteiger partial charge in [0.25, 0.3) is 0 Å². The molecule has 4 nitrogen and oxygen atoms in total. The molecule has 4 heteroatoms. The molecule has 0 unspecified atom stereocenters. The molecular weight excluding hydrogens is 272 g/mol. The summed E-state index contributed by atoms with van der Waals surface area (Å²) in [6, 6.07) is 17.9. The molecule has 0 N–H and O–H groups in total. The van der Waals surface area contributed by atoms with Crippen molar-refractivity contribution >= 4 is 11.6 Å². The van der Waals surface area contributed by atoms with Gasteiger partial charge in [0.1, 0.15) is 11.6 Å². The molecule has 0 aliphatic rings. The van der Waals surface area contributed by atoms with Crippen LogP contribution in [0.2, 0.25) is 0 Å². The van der Waals surface area contributed by atoms with Gasteiger partial charge in [0.05, 0.1) is 12.2 Å². The summed E-state index contributed by atoms with van der Waals surface area (Å²) in [5, 5.41) is 0. The molecule has 3 heterocycles. The van der Waals surface area contributed by atoms with Crippen molar-refractivity contribution < 1.29 is 0 Å². The molecule has 0 radical (unpaired) electrons. The number of hydrogen-bond acceptors (Lipinski definition) is 4. The fraction of sp³-hybridized carbons (Fsp3) is 0.167. The number of anilines is 2. The number of nitrogens with zero attached hydrogens (tertiary/aromatic N) is 4. The van der Waals surface area contributed by atoms with Gasteiger partial charge in [-0.1, -0.05) is 18.2 Å². The van der Waals surface area contributed by atoms with Crippen molar-refractivity contribution in [3.05, 3.63) is 77.9 Å². The van der Waals surface area contributed by atoms with E-state index in [1.807, 2.05) is 68.4 Å². The van der Waals surface area contributed by atoms with Crippen LogP contribution < -0.4 is 4.90 Å². The Morgan fingerprint density at radius 3 is 2.18 bits per heavy atom. The van der Waals surface area contributed by atoms with Gasteiger partial charge in [-0.25, -0.2) is 9.97 Å². The maximum Gasteiger partial charge on any atom is 0.134 e. The summed E-state index contributed by atoms with van der Waals surface area (Å²) in [6.45, 7) is 4.62. The Hall–Kier alpha value is -2.75. The van der Waals surface area contributed by atoms with Gasteiger partial charge in [-0.15, -0.1) is 0 Å². The van der Waals surface area contributed by atoms with Crippen LogP contribution in [0.1, 0.15) is 17.1 Å². The van der Waals surface area contributed by atoms with Gasteiger partial charge in [0, 0.05) is 17.6 Å². The van der Waals surface area contributed by atoms with Crippen molar-refractivity contribution in [1.29, 1.82) is 0 Å². The lowest BCUT2D eigenvalue weighted by Crippen LogP contribution is -2.19. The Bertz CT molecular complexity index is 756. The predicted molar refractivity (Wildman–Crippen MR) is 88.0 cm³/mol. The van der Waals surface area contributed by atoms with Crippen molar-refractivity contribution in [3.63, 3.8) is 0 Å². The summed E-state index contributed by atoms with van der Waals surface area (Å²) in [5.41, 5.74) is 2.99. The van der Waals surface area contributed by atoms with Crippen molar-refractivity contribution in [1.82, 2.24) is 15.0 Å². The van der Waals surface area contributed by atoms with Crippen LogP contribution in [-0.4, -0.2) is 15.0 Å². The van der Waals surface area contributed by atoms with Crippen molar-refractivity contribution in [2.24, 2.45) is 0 Å². The molecule has 22 heavy (non-hydrogen) atoms. The average Bonchev–Trinajstić information content (AvgIpc) is 2.53. The van der Waals surface area contributed by atoms with E-state index in [0.717, 1.165) is 28.7 Å². The summed E-state index contributed by atoms with van der Waals surface area (Å²) in [4.78, 5) is 15.8. The zero-order chi connectivity index (χ0) is 15.4. The van der Waals surface area contributed by atoms with Gasteiger partial charge in [-0.05, 0) is 50.2 Å². The first-order valence-corrected chi connectivity index (χ1v) is 7.27. The Morgan fingerprint density at radius 1 is 0.773 bits per heavy atom. The van der Waals surface area contributed by atoms with E-state index in [-0.39, 0.29) is 0 Å². The van der Waals surface area contributed by atoms with Crippen molar-refractivity contribution in [3.8, 4) is 0 Å². The second kappa shape index (κ2) is 6.35. The van der Waals surface area contributed by atoms with Gasteiger partial charge >= 0.3 is 0 Å². The second-order valence-electron chi connectivity index (χ2n) is 5.18. The van der Waals surface area contributed by atoms with Crippen molar-refractivity contribution in [2.75, 3.05) is 4.90 Å². The number of hydrogen-bond donors (Lipinski definition) is 0. The highest BCUT2D eigenvalue weighted by Gasteiger charge is 2.13. The number of pyridine rings is 3. The van der Waals surface area contributed by atoms with Crippen LogP contribution in [0.5, 0.6) is 0 Å². The van der Waals surface area contributed by atoms with E-state index in [2.05, 4.69) is 19.9 Å². The summed E-state index contributed by atoms with van der Waals surface area (Å²) in [5.74, 6) is 1.74. The van der Waals surface area contributed by atoms with Gasteiger partial charge < -0.3 is 4.90 Å². The maximum atomic E-state index is 4.63. The van der Waals surface area contributed by atoms with E-state index in [9.17, 15) is 0 Å². The third kappa shape index (κ3) is 3.28. The second-order valence-corrected chi connectivity index (χ2v) is 5.18. The Balaban J connectivity index is 2.00.